The molecule has 0 radical (unpaired) electrons. The molecule has 250 valence electrons. The van der Waals surface area contributed by atoms with Crippen LogP contribution in [0.5, 0.6) is 5.75 Å². The van der Waals surface area contributed by atoms with Crippen molar-refractivity contribution < 1.29 is 49.1 Å². The van der Waals surface area contributed by atoms with E-state index in [4.69, 9.17) is 10.5 Å². The fourth-order valence-corrected chi connectivity index (χ4v) is 6.81. The second-order valence-corrected chi connectivity index (χ2v) is 13.3. The van der Waals surface area contributed by atoms with Crippen molar-refractivity contribution >= 4 is 46.6 Å². The number of phenolic OH excluding ortho intramolecular Hbond substituents is 1. The quantitative estimate of drug-likeness (QED) is 0.187. The maximum Gasteiger partial charge on any atom is 0.410 e. The van der Waals surface area contributed by atoms with E-state index in [0.717, 1.165) is 0 Å². The van der Waals surface area contributed by atoms with Crippen molar-refractivity contribution in [2.24, 2.45) is 17.6 Å². The van der Waals surface area contributed by atoms with Crippen molar-refractivity contribution in [2.75, 3.05) is 52.1 Å². The Morgan fingerprint density at radius 2 is 1.72 bits per heavy atom. The van der Waals surface area contributed by atoms with Crippen LogP contribution in [0.15, 0.2) is 23.0 Å². The number of nitrogens with zero attached hydrogens (tertiary/aromatic N) is 3. The number of aliphatic hydroxyl groups excluding tert-OH is 2. The van der Waals surface area contributed by atoms with Crippen molar-refractivity contribution in [3.8, 4) is 5.75 Å². The second-order valence-electron chi connectivity index (χ2n) is 13.3. The topological polar surface area (TPSA) is 223 Å². The van der Waals surface area contributed by atoms with Crippen LogP contribution in [-0.4, -0.2) is 119 Å². The zero-order valence-corrected chi connectivity index (χ0v) is 27.1. The number of nitrogens with two attached hydrogens (primary N) is 1. The maximum absolute atomic E-state index is 14.1. The van der Waals surface area contributed by atoms with E-state index in [1.54, 1.807) is 39.8 Å². The van der Waals surface area contributed by atoms with Crippen molar-refractivity contribution in [2.45, 2.75) is 50.8 Å². The summed E-state index contributed by atoms with van der Waals surface area (Å²) in [4.78, 5) is 69.4. The summed E-state index contributed by atoms with van der Waals surface area (Å²) in [5.74, 6) is -8.43. The summed E-state index contributed by atoms with van der Waals surface area (Å²) in [5, 5.41) is 48.5. The van der Waals surface area contributed by atoms with Crippen LogP contribution in [0.3, 0.4) is 0 Å². The zero-order valence-electron chi connectivity index (χ0n) is 27.1. The van der Waals surface area contributed by atoms with Gasteiger partial charge in [0.1, 0.15) is 29.4 Å². The number of aromatic hydroxyl groups is 1. The minimum atomic E-state index is -2.78. The third kappa shape index (κ3) is 5.22. The van der Waals surface area contributed by atoms with Crippen molar-refractivity contribution in [1.82, 2.24) is 9.80 Å². The molecule has 0 unspecified atom stereocenters. The number of aliphatic hydroxyl groups is 3. The Balaban J connectivity index is 1.87. The molecule has 4 rings (SSSR count). The molecule has 15 heteroatoms. The Kier molecular flexibility index (Phi) is 8.65. The van der Waals surface area contributed by atoms with Gasteiger partial charge in [-0.2, -0.15) is 0 Å². The predicted octanol–water partition coefficient (Wildman–Crippen LogP) is 0.835. The number of hydrogen-bond donors (Lipinski definition) is 6. The van der Waals surface area contributed by atoms with Crippen LogP contribution in [0.1, 0.15) is 38.3 Å². The van der Waals surface area contributed by atoms with Gasteiger partial charge in [-0.25, -0.2) is 4.79 Å². The number of anilines is 2. The number of methoxy groups -OCH3 is 1. The number of benzene rings is 1. The molecule has 1 saturated carbocycles. The summed E-state index contributed by atoms with van der Waals surface area (Å²) in [7, 11) is 7.64. The zero-order chi connectivity index (χ0) is 34.8. The highest BCUT2D eigenvalue weighted by atomic mass is 16.5. The molecule has 1 aromatic carbocycles. The number of carbonyl (C=O) groups is 5. The van der Waals surface area contributed by atoms with Gasteiger partial charge in [0.25, 0.3) is 5.91 Å². The first-order valence-corrected chi connectivity index (χ1v) is 14.6. The fraction of sp³-hybridized carbons (Fsp3) is 0.516. The largest absolute Gasteiger partial charge is 0.508 e. The summed E-state index contributed by atoms with van der Waals surface area (Å²) in [6.45, 7) is 4.69. The van der Waals surface area contributed by atoms with E-state index in [2.05, 4.69) is 5.32 Å². The lowest BCUT2D eigenvalue weighted by molar-refractivity contribution is -0.153. The van der Waals surface area contributed by atoms with Gasteiger partial charge >= 0.3 is 6.09 Å². The molecular weight excluding hydrogens is 602 g/mol. The average Bonchev–Trinajstić information content (AvgIpc) is 2.93. The smallest absolute Gasteiger partial charge is 0.410 e. The third-order valence-corrected chi connectivity index (χ3v) is 8.96. The molecule has 3 aliphatic rings. The standard InChI is InChI=1S/C31H41N5O10/c1-30(2,3)36(29(44)46-8)12-18(37)33-16-11-17(34(4)5)14-9-13-10-15-22(35(6)7)25(40)21(28(32)43)27(42)31(15,45)26(41)19(13)24(39)20(14)23(16)38/h11,13,15,22,38-39,42,45H,9-10,12H2,1-8H3,(H2,32,43)(H,33,37)/t13-,15-,22-,31-/m0/s1. The number of carbonyl (C=O) groups excluding carboxylic acids is 5. The van der Waals surface area contributed by atoms with E-state index >= 15 is 0 Å². The average molecular weight is 644 g/mol. The van der Waals surface area contributed by atoms with Gasteiger partial charge in [-0.3, -0.25) is 29.0 Å². The number of ether oxygens (including phenoxy) is 1. The number of fused-ring (bicyclic) bond motifs is 3. The maximum atomic E-state index is 14.1. The summed E-state index contributed by atoms with van der Waals surface area (Å²) in [6, 6.07) is 0.292. The summed E-state index contributed by atoms with van der Waals surface area (Å²) < 4.78 is 4.80. The van der Waals surface area contributed by atoms with Crippen LogP contribution >= 0.6 is 0 Å². The molecule has 3 amide bonds. The normalized spacial score (nSPS) is 24.3. The van der Waals surface area contributed by atoms with Gasteiger partial charge in [0.05, 0.1) is 24.4 Å². The third-order valence-electron chi connectivity index (χ3n) is 8.96. The van der Waals surface area contributed by atoms with E-state index in [0.29, 0.717) is 11.3 Å². The van der Waals surface area contributed by atoms with Gasteiger partial charge in [-0.05, 0) is 65.3 Å². The Morgan fingerprint density at radius 1 is 1.11 bits per heavy atom. The summed E-state index contributed by atoms with van der Waals surface area (Å²) in [6.07, 6.45) is -0.734. The number of phenols is 1. The highest BCUT2D eigenvalue weighted by Crippen LogP contribution is 2.54. The molecule has 3 aliphatic carbocycles. The number of nitrogens with one attached hydrogen (secondary N) is 1. The van der Waals surface area contributed by atoms with Crippen molar-refractivity contribution in [3.63, 3.8) is 0 Å². The van der Waals surface area contributed by atoms with Gasteiger partial charge in [-0.15, -0.1) is 0 Å². The van der Waals surface area contributed by atoms with Gasteiger partial charge in [0, 0.05) is 36.8 Å². The first-order chi connectivity index (χ1) is 21.2. The second kappa shape index (κ2) is 11.6. The molecule has 0 bridgehead atoms. The molecule has 0 saturated heterocycles. The summed E-state index contributed by atoms with van der Waals surface area (Å²) >= 11 is 0. The van der Waals surface area contributed by atoms with Crippen LogP contribution in [-0.2, 0) is 30.3 Å². The van der Waals surface area contributed by atoms with Crippen LogP contribution in [0, 0.1) is 11.8 Å². The van der Waals surface area contributed by atoms with Crippen LogP contribution in [0.2, 0.25) is 0 Å². The number of likely N-dealkylation sites (N-methyl/N-ethyl adjacent to an activating group) is 1. The van der Waals surface area contributed by atoms with E-state index in [-0.39, 0.29) is 29.7 Å². The molecule has 0 aromatic heterocycles. The van der Waals surface area contributed by atoms with Crippen LogP contribution in [0.25, 0.3) is 5.76 Å². The van der Waals surface area contributed by atoms with Crippen molar-refractivity contribution in [1.29, 1.82) is 0 Å². The number of amides is 3. The lowest BCUT2D eigenvalue weighted by atomic mass is 9.57. The Bertz CT molecular complexity index is 1600. The molecule has 1 fully saturated rings. The first kappa shape index (κ1) is 34.2. The molecule has 46 heavy (non-hydrogen) atoms. The number of ketones is 2. The number of primary amides is 1. The molecule has 4 atom stereocenters. The molecule has 1 aromatic rings. The minimum Gasteiger partial charge on any atom is -0.508 e. The SMILES string of the molecule is COC(=O)N(CC(=O)Nc1cc(N(C)C)c2c(c1O)C(O)=C1C(=O)[C@]3(O)C(O)=C(C(N)=O)C(=O)[C@@H](N(C)C)[C@@H]3C[C@@H]1C2)C(C)(C)C. The highest BCUT2D eigenvalue weighted by molar-refractivity contribution is 6.24. The summed E-state index contributed by atoms with van der Waals surface area (Å²) in [5.41, 5.74) is 1.18. The van der Waals surface area contributed by atoms with Crippen molar-refractivity contribution in [3.05, 3.63) is 34.1 Å². The van der Waals surface area contributed by atoms with E-state index < -0.39 is 87.9 Å². The van der Waals surface area contributed by atoms with Crippen LogP contribution < -0.4 is 16.0 Å². The van der Waals surface area contributed by atoms with Gasteiger partial charge in [0.15, 0.2) is 11.4 Å². The van der Waals surface area contributed by atoms with E-state index in [1.807, 2.05) is 0 Å². The number of hydrogen-bond acceptors (Lipinski definition) is 12. The van der Waals surface area contributed by atoms with Crippen LogP contribution in [0.4, 0.5) is 16.2 Å². The first-order valence-electron chi connectivity index (χ1n) is 14.6. The lowest BCUT2D eigenvalue weighted by Crippen LogP contribution is -2.65. The predicted molar refractivity (Wildman–Crippen MR) is 166 cm³/mol. The molecule has 7 N–H and O–H groups in total. The molecule has 0 heterocycles. The Hall–Kier alpha value is -4.63. The lowest BCUT2D eigenvalue weighted by Gasteiger charge is -2.50. The fourth-order valence-electron chi connectivity index (χ4n) is 6.81. The molecule has 0 spiro atoms. The Morgan fingerprint density at radius 3 is 2.22 bits per heavy atom. The van der Waals surface area contributed by atoms with Gasteiger partial charge in [-0.1, -0.05) is 0 Å². The monoisotopic (exact) mass is 643 g/mol. The molecule has 0 aliphatic heterocycles. The van der Waals surface area contributed by atoms with Gasteiger partial charge < -0.3 is 41.1 Å². The van der Waals surface area contributed by atoms with E-state index in [9.17, 15) is 44.4 Å². The highest BCUT2D eigenvalue weighted by Gasteiger charge is 2.64. The number of rotatable bonds is 6. The number of Topliss-reactive ketones (excluding diaryl/α,β-unsaturated/α-hetero) is 2. The van der Waals surface area contributed by atoms with Gasteiger partial charge in [0.2, 0.25) is 11.7 Å². The molecule has 15 nitrogen and oxygen atoms in total. The minimum absolute atomic E-state index is 0.0615. The Labute approximate surface area is 265 Å². The molecular formula is C31H41N5O10. The van der Waals surface area contributed by atoms with E-state index in [1.165, 1.54) is 37.1 Å².